The van der Waals surface area contributed by atoms with Crippen LogP contribution in [0.3, 0.4) is 0 Å². The number of fused-ring (bicyclic) bond motifs is 5. The van der Waals surface area contributed by atoms with Gasteiger partial charge in [-0.25, -0.2) is 0 Å². The maximum atomic E-state index is 12.4. The van der Waals surface area contributed by atoms with E-state index in [1.165, 1.54) is 12.5 Å². The van der Waals surface area contributed by atoms with E-state index in [-0.39, 0.29) is 34.4 Å². The van der Waals surface area contributed by atoms with Crippen LogP contribution in [0.2, 0.25) is 0 Å². The predicted octanol–water partition coefficient (Wildman–Crippen LogP) is 6.52. The summed E-state index contributed by atoms with van der Waals surface area (Å²) in [5, 5.41) is 9.95. The van der Waals surface area contributed by atoms with E-state index in [1.807, 2.05) is 42.5 Å². The van der Waals surface area contributed by atoms with E-state index in [1.54, 1.807) is 0 Å². The van der Waals surface area contributed by atoms with Crippen molar-refractivity contribution in [3.8, 4) is 6.07 Å². The summed E-state index contributed by atoms with van der Waals surface area (Å²) >= 11 is 0. The number of amides is 1. The Bertz CT molecular complexity index is 1240. The zero-order valence-electron chi connectivity index (χ0n) is 22.9. The highest BCUT2D eigenvalue weighted by Crippen LogP contribution is 2.67. The molecule has 5 rings (SSSR count). The quantitative estimate of drug-likeness (QED) is 0.160. The minimum Gasteiger partial charge on any atom is -0.462 e. The molecule has 0 aliphatic heterocycles. The molecule has 3 saturated carbocycles. The van der Waals surface area contributed by atoms with Crippen LogP contribution in [-0.2, 0) is 14.3 Å². The van der Waals surface area contributed by atoms with Gasteiger partial charge in [-0.05, 0) is 90.6 Å². The van der Waals surface area contributed by atoms with E-state index in [9.17, 15) is 14.9 Å². The van der Waals surface area contributed by atoms with Crippen molar-refractivity contribution in [2.45, 2.75) is 78.2 Å². The van der Waals surface area contributed by atoms with Crippen LogP contribution in [0.25, 0.3) is 6.08 Å². The average Bonchev–Trinajstić information content (AvgIpc) is 3.23. The molecule has 1 aromatic carbocycles. The largest absolute Gasteiger partial charge is 0.462 e. The van der Waals surface area contributed by atoms with Gasteiger partial charge in [0, 0.05) is 13.3 Å². The first-order valence-electron chi connectivity index (χ1n) is 14.2. The van der Waals surface area contributed by atoms with Crippen LogP contribution >= 0.6 is 0 Å². The van der Waals surface area contributed by atoms with Gasteiger partial charge in [-0.2, -0.15) is 5.26 Å². The van der Waals surface area contributed by atoms with Crippen molar-refractivity contribution >= 4 is 18.0 Å². The molecule has 38 heavy (non-hydrogen) atoms. The molecule has 200 valence electrons. The molecule has 0 heterocycles. The van der Waals surface area contributed by atoms with Crippen molar-refractivity contribution in [3.05, 3.63) is 64.8 Å². The number of hydrogen-bond acceptors (Lipinski definition) is 4. The molecular formula is C33H40N2O3. The molecule has 5 nitrogen and oxygen atoms in total. The summed E-state index contributed by atoms with van der Waals surface area (Å²) in [5.74, 6) is 1.07. The fraction of sp³-hybridized carbons (Fsp3) is 0.545. The maximum Gasteiger partial charge on any atom is 0.302 e. The second-order valence-electron chi connectivity index (χ2n) is 12.5. The third kappa shape index (κ3) is 4.53. The summed E-state index contributed by atoms with van der Waals surface area (Å²) in [6.07, 6.45) is 14.7. The lowest BCUT2D eigenvalue weighted by Crippen LogP contribution is -2.50. The molecule has 0 bridgehead atoms. The van der Waals surface area contributed by atoms with Crippen LogP contribution in [0.1, 0.15) is 77.7 Å². The van der Waals surface area contributed by atoms with Crippen molar-refractivity contribution in [2.75, 3.05) is 0 Å². The number of hydrogen-bond donors (Lipinski definition) is 1. The Morgan fingerprint density at radius 2 is 1.84 bits per heavy atom. The number of benzene rings is 1. The average molecular weight is 513 g/mol. The SMILES string of the molecule is CC(=O)O[C@H]1CC[C@@]2(C)C(=CC[C@H]3[C@@H]4CC[C@H](C(/C=C/c5ccccc5)=C(\C#N)C(N)=O)[C@@]4(C)CC[C@@H]32)C1. The van der Waals surface area contributed by atoms with Crippen molar-refractivity contribution < 1.29 is 14.3 Å². The topological polar surface area (TPSA) is 93.2 Å². The molecule has 0 aromatic heterocycles. The summed E-state index contributed by atoms with van der Waals surface area (Å²) in [7, 11) is 0. The first-order chi connectivity index (χ1) is 18.2. The summed E-state index contributed by atoms with van der Waals surface area (Å²) in [6.45, 7) is 6.35. The van der Waals surface area contributed by atoms with E-state index >= 15 is 0 Å². The van der Waals surface area contributed by atoms with E-state index in [2.05, 4.69) is 26.0 Å². The summed E-state index contributed by atoms with van der Waals surface area (Å²) in [5.41, 5.74) is 9.37. The third-order valence-corrected chi connectivity index (χ3v) is 10.7. The zero-order chi connectivity index (χ0) is 27.1. The normalized spacial score (nSPS) is 36.7. The molecule has 2 N–H and O–H groups in total. The second kappa shape index (κ2) is 10.2. The molecule has 0 unspecified atom stereocenters. The van der Waals surface area contributed by atoms with Crippen LogP contribution in [0, 0.1) is 45.8 Å². The minimum atomic E-state index is -0.636. The lowest BCUT2D eigenvalue weighted by Gasteiger charge is -2.58. The predicted molar refractivity (Wildman–Crippen MR) is 148 cm³/mol. The minimum absolute atomic E-state index is 0.00962. The van der Waals surface area contributed by atoms with Gasteiger partial charge in [0.1, 0.15) is 17.7 Å². The second-order valence-corrected chi connectivity index (χ2v) is 12.5. The number of primary amides is 1. The number of esters is 1. The van der Waals surface area contributed by atoms with Gasteiger partial charge in [-0.1, -0.05) is 68.0 Å². The van der Waals surface area contributed by atoms with Gasteiger partial charge < -0.3 is 10.5 Å². The van der Waals surface area contributed by atoms with E-state index in [0.29, 0.717) is 17.8 Å². The van der Waals surface area contributed by atoms with Crippen LogP contribution in [-0.4, -0.2) is 18.0 Å². The standard InChI is InChI=1S/C33H40N2O3/c1-21(36)38-24-15-17-32(2)23(19-24)10-12-26-29-14-13-28(33(29,3)18-16-30(26)32)25(27(20-34)31(35)37)11-9-22-7-5-4-6-8-22/h4-11,24,26,28-30H,12-19H2,1-3H3,(H2,35,37)/b11-9+,27-25+/t24-,26-,28+,29-,30-,32-,33+/m0/s1. The number of allylic oxidation sites excluding steroid dienone is 3. The van der Waals surface area contributed by atoms with Crippen LogP contribution in [0.5, 0.6) is 0 Å². The lowest BCUT2D eigenvalue weighted by molar-refractivity contribution is -0.148. The van der Waals surface area contributed by atoms with E-state index in [0.717, 1.165) is 62.5 Å². The van der Waals surface area contributed by atoms with Gasteiger partial charge >= 0.3 is 5.97 Å². The third-order valence-electron chi connectivity index (χ3n) is 10.7. The van der Waals surface area contributed by atoms with E-state index in [4.69, 9.17) is 10.5 Å². The first-order valence-corrected chi connectivity index (χ1v) is 14.2. The number of rotatable bonds is 5. The summed E-state index contributed by atoms with van der Waals surface area (Å²) < 4.78 is 5.60. The fourth-order valence-corrected chi connectivity index (χ4v) is 8.86. The summed E-state index contributed by atoms with van der Waals surface area (Å²) in [6, 6.07) is 12.2. The van der Waals surface area contributed by atoms with Gasteiger partial charge in [0.15, 0.2) is 0 Å². The number of nitrogens with two attached hydrogens (primary N) is 1. The van der Waals surface area contributed by atoms with Gasteiger partial charge in [0.05, 0.1) is 0 Å². The lowest BCUT2D eigenvalue weighted by atomic mass is 9.47. The molecule has 4 aliphatic rings. The highest BCUT2D eigenvalue weighted by atomic mass is 16.5. The number of ether oxygens (including phenoxy) is 1. The van der Waals surface area contributed by atoms with Gasteiger partial charge in [0.2, 0.25) is 0 Å². The molecule has 0 saturated heterocycles. The number of carbonyl (C=O) groups is 2. The van der Waals surface area contributed by atoms with Gasteiger partial charge in [-0.3, -0.25) is 9.59 Å². The molecule has 3 fully saturated rings. The highest BCUT2D eigenvalue weighted by molar-refractivity contribution is 5.97. The van der Waals surface area contributed by atoms with Crippen molar-refractivity contribution in [1.82, 2.24) is 0 Å². The van der Waals surface area contributed by atoms with Gasteiger partial charge in [-0.15, -0.1) is 0 Å². The molecular weight excluding hydrogens is 472 g/mol. The van der Waals surface area contributed by atoms with E-state index < -0.39 is 5.91 Å². The van der Waals surface area contributed by atoms with Crippen LogP contribution < -0.4 is 5.73 Å². The Kier molecular flexibility index (Phi) is 7.11. The van der Waals surface area contributed by atoms with Crippen molar-refractivity contribution in [1.29, 1.82) is 5.26 Å². The molecule has 0 spiro atoms. The molecule has 7 atom stereocenters. The van der Waals surface area contributed by atoms with Crippen LogP contribution in [0.4, 0.5) is 0 Å². The molecule has 0 radical (unpaired) electrons. The molecule has 4 aliphatic carbocycles. The number of nitrogens with zero attached hydrogens (tertiary/aromatic N) is 1. The Morgan fingerprint density at radius 1 is 1.08 bits per heavy atom. The number of carbonyl (C=O) groups excluding carboxylic acids is 2. The number of nitriles is 1. The highest BCUT2D eigenvalue weighted by Gasteiger charge is 2.59. The Labute approximate surface area is 226 Å². The molecule has 1 amide bonds. The molecule has 1 aromatic rings. The van der Waals surface area contributed by atoms with Crippen molar-refractivity contribution in [2.24, 2.45) is 40.2 Å². The summed E-state index contributed by atoms with van der Waals surface area (Å²) in [4.78, 5) is 24.0. The fourth-order valence-electron chi connectivity index (χ4n) is 8.86. The zero-order valence-corrected chi connectivity index (χ0v) is 22.9. The smallest absolute Gasteiger partial charge is 0.302 e. The Hall–Kier alpha value is -3.13. The Morgan fingerprint density at radius 3 is 2.53 bits per heavy atom. The molecule has 5 heteroatoms. The van der Waals surface area contributed by atoms with Crippen LogP contribution in [0.15, 0.2) is 59.2 Å². The monoisotopic (exact) mass is 512 g/mol. The first kappa shape index (κ1) is 26.5. The Balaban J connectivity index is 1.45. The van der Waals surface area contributed by atoms with Crippen molar-refractivity contribution in [3.63, 3.8) is 0 Å². The van der Waals surface area contributed by atoms with Gasteiger partial charge in [0.25, 0.3) is 5.91 Å². The maximum absolute atomic E-state index is 12.4.